The van der Waals surface area contributed by atoms with Gasteiger partial charge in [-0.05, 0) is 22.0 Å². The van der Waals surface area contributed by atoms with Crippen LogP contribution in [0.4, 0.5) is 5.82 Å². The lowest BCUT2D eigenvalue weighted by atomic mass is 10.1. The maximum atomic E-state index is 6.16. The molecule has 0 atom stereocenters. The van der Waals surface area contributed by atoms with E-state index in [0.717, 1.165) is 10.2 Å². The van der Waals surface area contributed by atoms with Crippen molar-refractivity contribution >= 4 is 39.0 Å². The molecule has 2 aromatic heterocycles. The summed E-state index contributed by atoms with van der Waals surface area (Å²) in [6.07, 6.45) is 3.54. The molecule has 6 heteroatoms. The van der Waals surface area contributed by atoms with Gasteiger partial charge in [0, 0.05) is 11.8 Å². The largest absolute Gasteiger partial charge is 0.381 e. The van der Waals surface area contributed by atoms with E-state index in [1.165, 1.54) is 0 Å². The van der Waals surface area contributed by atoms with E-state index >= 15 is 0 Å². The highest BCUT2D eigenvalue weighted by atomic mass is 79.9. The molecule has 0 aliphatic rings. The number of nitrogens with two attached hydrogens (primary N) is 1. The molecule has 0 spiro atoms. The third-order valence-electron chi connectivity index (χ3n) is 2.62. The van der Waals surface area contributed by atoms with Crippen LogP contribution in [0.3, 0.4) is 0 Å². The van der Waals surface area contributed by atoms with Gasteiger partial charge in [0.2, 0.25) is 0 Å². The molecule has 0 bridgehead atoms. The van der Waals surface area contributed by atoms with E-state index in [4.69, 9.17) is 17.3 Å². The number of rotatable bonds is 1. The molecular weight excluding hydrogens is 316 g/mol. The zero-order valence-corrected chi connectivity index (χ0v) is 11.5. The van der Waals surface area contributed by atoms with E-state index in [-0.39, 0.29) is 0 Å². The average molecular weight is 324 g/mol. The first-order valence-electron chi connectivity index (χ1n) is 5.21. The van der Waals surface area contributed by atoms with E-state index in [1.807, 2.05) is 34.9 Å². The molecular formula is C12H8BrClN4. The van der Waals surface area contributed by atoms with Gasteiger partial charge in [-0.15, -0.1) is 0 Å². The lowest BCUT2D eigenvalue weighted by Crippen LogP contribution is -1.99. The normalized spacial score (nSPS) is 11.0. The Labute approximate surface area is 117 Å². The first-order chi connectivity index (χ1) is 8.66. The van der Waals surface area contributed by atoms with Gasteiger partial charge in [0.05, 0.1) is 16.9 Å². The Hall–Kier alpha value is -1.59. The monoisotopic (exact) mass is 322 g/mol. The predicted molar refractivity (Wildman–Crippen MR) is 75.5 cm³/mol. The molecule has 4 nitrogen and oxygen atoms in total. The molecule has 3 rings (SSSR count). The summed E-state index contributed by atoms with van der Waals surface area (Å²) in [6.45, 7) is 0. The van der Waals surface area contributed by atoms with Crippen LogP contribution < -0.4 is 5.73 Å². The second-order valence-corrected chi connectivity index (χ2v) is 4.99. The Morgan fingerprint density at radius 2 is 2.06 bits per heavy atom. The molecule has 90 valence electrons. The summed E-state index contributed by atoms with van der Waals surface area (Å²) < 4.78 is 2.65. The van der Waals surface area contributed by atoms with Gasteiger partial charge >= 0.3 is 0 Å². The quantitative estimate of drug-likeness (QED) is 0.747. The van der Waals surface area contributed by atoms with E-state index in [9.17, 15) is 0 Å². The van der Waals surface area contributed by atoms with Crippen molar-refractivity contribution in [3.63, 3.8) is 0 Å². The summed E-state index contributed by atoms with van der Waals surface area (Å²) in [6, 6.07) is 7.51. The van der Waals surface area contributed by atoms with Gasteiger partial charge in [-0.3, -0.25) is 4.40 Å². The Bertz CT molecular complexity index is 738. The maximum Gasteiger partial charge on any atom is 0.180 e. The minimum Gasteiger partial charge on any atom is -0.381 e. The van der Waals surface area contributed by atoms with E-state index < -0.39 is 0 Å². The van der Waals surface area contributed by atoms with Crippen molar-refractivity contribution in [3.8, 4) is 11.3 Å². The lowest BCUT2D eigenvalue weighted by Gasteiger charge is -2.06. The first-order valence-corrected chi connectivity index (χ1v) is 6.38. The van der Waals surface area contributed by atoms with Crippen molar-refractivity contribution in [2.24, 2.45) is 0 Å². The minimum absolute atomic E-state index is 0.373. The number of fused-ring (bicyclic) bond motifs is 1. The fourth-order valence-corrected chi connectivity index (χ4v) is 2.39. The van der Waals surface area contributed by atoms with Crippen molar-refractivity contribution in [2.45, 2.75) is 0 Å². The van der Waals surface area contributed by atoms with Gasteiger partial charge in [0.25, 0.3) is 0 Å². The van der Waals surface area contributed by atoms with Crippen LogP contribution >= 0.6 is 27.5 Å². The number of hydrogen-bond acceptors (Lipinski definition) is 3. The number of imidazole rings is 1. The summed E-state index contributed by atoms with van der Waals surface area (Å²) in [5, 5.41) is 0.639. The van der Waals surface area contributed by atoms with Crippen LogP contribution in [0.2, 0.25) is 5.02 Å². The van der Waals surface area contributed by atoms with Crippen molar-refractivity contribution < 1.29 is 0 Å². The Balaban J connectivity index is 2.31. The number of aromatic nitrogens is 3. The standard InChI is InChI=1S/C12H8BrClN4/c13-10-5-16-12-11(15)17-9(6-18(10)12)7-3-1-2-4-8(7)14/h1-6H,(H2,15,17). The second-order valence-electron chi connectivity index (χ2n) is 3.77. The summed E-state index contributed by atoms with van der Waals surface area (Å²) in [5.74, 6) is 0.373. The molecule has 0 unspecified atom stereocenters. The van der Waals surface area contributed by atoms with Crippen molar-refractivity contribution in [3.05, 3.63) is 46.3 Å². The van der Waals surface area contributed by atoms with Gasteiger partial charge < -0.3 is 5.73 Å². The SMILES string of the molecule is Nc1nc(-c2ccccc2Cl)cn2c(Br)cnc12. The maximum absolute atomic E-state index is 6.16. The molecule has 1 aromatic carbocycles. The molecule has 0 amide bonds. The van der Waals surface area contributed by atoms with Crippen molar-refractivity contribution in [1.82, 2.24) is 14.4 Å². The van der Waals surface area contributed by atoms with Crippen LogP contribution in [0.1, 0.15) is 0 Å². The van der Waals surface area contributed by atoms with Crippen LogP contribution in [0, 0.1) is 0 Å². The van der Waals surface area contributed by atoms with E-state index in [1.54, 1.807) is 6.20 Å². The predicted octanol–water partition coefficient (Wildman–Crippen LogP) is 3.39. The number of nitrogens with zero attached hydrogens (tertiary/aromatic N) is 3. The van der Waals surface area contributed by atoms with Gasteiger partial charge in [-0.2, -0.15) is 0 Å². The van der Waals surface area contributed by atoms with Crippen LogP contribution in [0.5, 0.6) is 0 Å². The smallest absolute Gasteiger partial charge is 0.180 e. The molecule has 0 saturated carbocycles. The number of halogens is 2. The highest BCUT2D eigenvalue weighted by Crippen LogP contribution is 2.28. The number of hydrogen-bond donors (Lipinski definition) is 1. The summed E-state index contributed by atoms with van der Waals surface area (Å²) in [4.78, 5) is 8.51. The third kappa shape index (κ3) is 1.76. The molecule has 18 heavy (non-hydrogen) atoms. The van der Waals surface area contributed by atoms with Crippen LogP contribution in [-0.4, -0.2) is 14.4 Å². The topological polar surface area (TPSA) is 56.2 Å². The van der Waals surface area contributed by atoms with Gasteiger partial charge in [0.1, 0.15) is 4.60 Å². The van der Waals surface area contributed by atoms with E-state index in [2.05, 4.69) is 25.9 Å². The minimum atomic E-state index is 0.373. The molecule has 0 aliphatic carbocycles. The lowest BCUT2D eigenvalue weighted by molar-refractivity contribution is 1.11. The van der Waals surface area contributed by atoms with Crippen molar-refractivity contribution in [2.75, 3.05) is 5.73 Å². The average Bonchev–Trinajstić information content (AvgIpc) is 2.72. The fraction of sp³-hybridized carbons (Fsp3) is 0. The van der Waals surface area contributed by atoms with Crippen LogP contribution in [0.15, 0.2) is 41.3 Å². The highest BCUT2D eigenvalue weighted by molar-refractivity contribution is 9.10. The second kappa shape index (κ2) is 4.26. The summed E-state index contributed by atoms with van der Waals surface area (Å²) in [5.41, 5.74) is 8.08. The molecule has 2 N–H and O–H groups in total. The number of benzene rings is 1. The number of nitrogen functional groups attached to an aromatic ring is 1. The van der Waals surface area contributed by atoms with Crippen LogP contribution in [0.25, 0.3) is 16.9 Å². The van der Waals surface area contributed by atoms with E-state index in [0.29, 0.717) is 22.2 Å². The molecule has 3 aromatic rings. The van der Waals surface area contributed by atoms with Gasteiger partial charge in [0.15, 0.2) is 11.5 Å². The van der Waals surface area contributed by atoms with Gasteiger partial charge in [-0.1, -0.05) is 29.8 Å². The van der Waals surface area contributed by atoms with Gasteiger partial charge in [-0.25, -0.2) is 9.97 Å². The molecule has 0 radical (unpaired) electrons. The number of anilines is 1. The zero-order chi connectivity index (χ0) is 12.7. The highest BCUT2D eigenvalue weighted by Gasteiger charge is 2.10. The molecule has 0 aliphatic heterocycles. The zero-order valence-electron chi connectivity index (χ0n) is 9.14. The Morgan fingerprint density at radius 1 is 1.28 bits per heavy atom. The Kier molecular flexibility index (Phi) is 2.72. The fourth-order valence-electron chi connectivity index (χ4n) is 1.78. The van der Waals surface area contributed by atoms with Crippen molar-refractivity contribution in [1.29, 1.82) is 0 Å². The Morgan fingerprint density at radius 3 is 2.83 bits per heavy atom. The molecule has 2 heterocycles. The third-order valence-corrected chi connectivity index (χ3v) is 3.54. The summed E-state index contributed by atoms with van der Waals surface area (Å²) in [7, 11) is 0. The molecule has 0 fully saturated rings. The first kappa shape index (κ1) is 11.5. The molecule has 0 saturated heterocycles. The van der Waals surface area contributed by atoms with Crippen LogP contribution in [-0.2, 0) is 0 Å². The summed E-state index contributed by atoms with van der Waals surface area (Å²) >= 11 is 9.57.